The van der Waals surface area contributed by atoms with Gasteiger partial charge in [-0.1, -0.05) is 6.07 Å². The Labute approximate surface area is 99.5 Å². The molecular formula is C13H15NO3. The zero-order valence-electron chi connectivity index (χ0n) is 9.55. The molecule has 1 aromatic heterocycles. The van der Waals surface area contributed by atoms with Gasteiger partial charge in [-0.15, -0.1) is 0 Å². The lowest BCUT2D eigenvalue weighted by Crippen LogP contribution is -2.17. The predicted molar refractivity (Wildman–Crippen MR) is 63.7 cm³/mol. The summed E-state index contributed by atoms with van der Waals surface area (Å²) in [4.78, 5) is 0. The summed E-state index contributed by atoms with van der Waals surface area (Å²) in [5.41, 5.74) is 1.81. The third-order valence-electron chi connectivity index (χ3n) is 2.67. The van der Waals surface area contributed by atoms with E-state index in [1.165, 1.54) is 6.07 Å². The molecule has 1 unspecified atom stereocenters. The van der Waals surface area contributed by atoms with Crippen molar-refractivity contribution in [2.45, 2.75) is 19.5 Å². The SMILES string of the molecule is CC(NCc1ccoc1)c1ccc(O)cc1O. The van der Waals surface area contributed by atoms with Crippen molar-refractivity contribution < 1.29 is 14.6 Å². The van der Waals surface area contributed by atoms with E-state index in [2.05, 4.69) is 5.32 Å². The van der Waals surface area contributed by atoms with Gasteiger partial charge in [0.05, 0.1) is 12.5 Å². The van der Waals surface area contributed by atoms with Crippen LogP contribution in [0.5, 0.6) is 11.5 Å². The Bertz CT molecular complexity index is 479. The molecule has 3 N–H and O–H groups in total. The second-order valence-electron chi connectivity index (χ2n) is 3.98. The molecule has 0 fully saturated rings. The first-order valence-electron chi connectivity index (χ1n) is 5.43. The highest BCUT2D eigenvalue weighted by Crippen LogP contribution is 2.27. The first kappa shape index (κ1) is 11.5. The molecule has 1 aromatic carbocycles. The van der Waals surface area contributed by atoms with Crippen molar-refractivity contribution in [2.24, 2.45) is 0 Å². The largest absolute Gasteiger partial charge is 0.508 e. The van der Waals surface area contributed by atoms with Gasteiger partial charge in [0.25, 0.3) is 0 Å². The maximum atomic E-state index is 9.70. The van der Waals surface area contributed by atoms with Crippen LogP contribution in [0.3, 0.4) is 0 Å². The topological polar surface area (TPSA) is 65.6 Å². The molecule has 1 atom stereocenters. The summed E-state index contributed by atoms with van der Waals surface area (Å²) in [6.07, 6.45) is 3.30. The zero-order valence-corrected chi connectivity index (χ0v) is 9.55. The number of nitrogens with one attached hydrogen (secondary N) is 1. The van der Waals surface area contributed by atoms with Crippen molar-refractivity contribution >= 4 is 0 Å². The van der Waals surface area contributed by atoms with Crippen LogP contribution in [0.1, 0.15) is 24.1 Å². The summed E-state index contributed by atoms with van der Waals surface area (Å²) < 4.78 is 4.97. The summed E-state index contributed by atoms with van der Waals surface area (Å²) >= 11 is 0. The third-order valence-corrected chi connectivity index (χ3v) is 2.67. The normalized spacial score (nSPS) is 12.5. The molecule has 0 aliphatic carbocycles. The number of benzene rings is 1. The second-order valence-corrected chi connectivity index (χ2v) is 3.98. The molecule has 0 amide bonds. The van der Waals surface area contributed by atoms with Crippen LogP contribution in [-0.4, -0.2) is 10.2 Å². The summed E-state index contributed by atoms with van der Waals surface area (Å²) in [5, 5.41) is 22.2. The first-order valence-corrected chi connectivity index (χ1v) is 5.43. The average molecular weight is 233 g/mol. The second kappa shape index (κ2) is 4.93. The Hall–Kier alpha value is -1.94. The number of furan rings is 1. The lowest BCUT2D eigenvalue weighted by atomic mass is 10.1. The van der Waals surface area contributed by atoms with Gasteiger partial charge in [0.2, 0.25) is 0 Å². The van der Waals surface area contributed by atoms with Crippen LogP contribution in [0.4, 0.5) is 0 Å². The fourth-order valence-corrected chi connectivity index (χ4v) is 1.67. The molecule has 0 saturated heterocycles. The van der Waals surface area contributed by atoms with Crippen LogP contribution in [0, 0.1) is 0 Å². The third kappa shape index (κ3) is 2.79. The highest BCUT2D eigenvalue weighted by atomic mass is 16.3. The van der Waals surface area contributed by atoms with Crippen molar-refractivity contribution in [1.29, 1.82) is 0 Å². The quantitative estimate of drug-likeness (QED) is 0.759. The van der Waals surface area contributed by atoms with Crippen LogP contribution in [0.2, 0.25) is 0 Å². The fraction of sp³-hybridized carbons (Fsp3) is 0.231. The minimum Gasteiger partial charge on any atom is -0.508 e. The van der Waals surface area contributed by atoms with Crippen LogP contribution in [0.15, 0.2) is 41.2 Å². The molecule has 0 saturated carbocycles. The standard InChI is InChI=1S/C13H15NO3/c1-9(14-7-10-4-5-17-8-10)12-3-2-11(15)6-13(12)16/h2-6,8-9,14-16H,7H2,1H3. The van der Waals surface area contributed by atoms with E-state index in [0.717, 1.165) is 11.1 Å². The van der Waals surface area contributed by atoms with Crippen molar-refractivity contribution in [3.8, 4) is 11.5 Å². The smallest absolute Gasteiger partial charge is 0.124 e. The molecule has 0 spiro atoms. The Morgan fingerprint density at radius 3 is 2.76 bits per heavy atom. The van der Waals surface area contributed by atoms with E-state index in [-0.39, 0.29) is 17.5 Å². The van der Waals surface area contributed by atoms with Crippen LogP contribution in [0.25, 0.3) is 0 Å². The summed E-state index contributed by atoms with van der Waals surface area (Å²) in [5.74, 6) is 0.158. The number of hydrogen-bond acceptors (Lipinski definition) is 4. The molecule has 0 radical (unpaired) electrons. The average Bonchev–Trinajstić information content (AvgIpc) is 2.78. The monoisotopic (exact) mass is 233 g/mol. The minimum absolute atomic E-state index is 0.00880. The van der Waals surface area contributed by atoms with Gasteiger partial charge in [-0.2, -0.15) is 0 Å². The van der Waals surface area contributed by atoms with Crippen molar-refractivity contribution in [3.63, 3.8) is 0 Å². The van der Waals surface area contributed by atoms with Gasteiger partial charge >= 0.3 is 0 Å². The van der Waals surface area contributed by atoms with E-state index in [1.54, 1.807) is 24.7 Å². The highest BCUT2D eigenvalue weighted by Gasteiger charge is 2.10. The Balaban J connectivity index is 2.01. The molecule has 4 heteroatoms. The van der Waals surface area contributed by atoms with E-state index in [4.69, 9.17) is 4.42 Å². The fourth-order valence-electron chi connectivity index (χ4n) is 1.67. The van der Waals surface area contributed by atoms with Gasteiger partial charge in [0.15, 0.2) is 0 Å². The summed E-state index contributed by atoms with van der Waals surface area (Å²) in [7, 11) is 0. The number of phenols is 2. The van der Waals surface area contributed by atoms with Gasteiger partial charge in [-0.25, -0.2) is 0 Å². The molecular weight excluding hydrogens is 218 g/mol. The van der Waals surface area contributed by atoms with Crippen LogP contribution >= 0.6 is 0 Å². The molecule has 17 heavy (non-hydrogen) atoms. The lowest BCUT2D eigenvalue weighted by Gasteiger charge is -2.15. The molecule has 0 aliphatic heterocycles. The molecule has 1 heterocycles. The Morgan fingerprint density at radius 1 is 1.29 bits per heavy atom. The molecule has 2 rings (SSSR count). The van der Waals surface area contributed by atoms with Crippen LogP contribution in [-0.2, 0) is 6.54 Å². The van der Waals surface area contributed by atoms with E-state index < -0.39 is 0 Å². The van der Waals surface area contributed by atoms with Crippen molar-refractivity contribution in [2.75, 3.05) is 0 Å². The van der Waals surface area contributed by atoms with E-state index in [1.807, 2.05) is 13.0 Å². The molecule has 2 aromatic rings. The molecule has 0 aliphatic rings. The van der Waals surface area contributed by atoms with Crippen molar-refractivity contribution in [1.82, 2.24) is 5.32 Å². The maximum absolute atomic E-state index is 9.70. The molecule has 0 bridgehead atoms. The Kier molecular flexibility index (Phi) is 3.35. The summed E-state index contributed by atoms with van der Waals surface area (Å²) in [6, 6.07) is 6.48. The van der Waals surface area contributed by atoms with E-state index >= 15 is 0 Å². The Morgan fingerprint density at radius 2 is 2.12 bits per heavy atom. The zero-order chi connectivity index (χ0) is 12.3. The van der Waals surface area contributed by atoms with Crippen LogP contribution < -0.4 is 5.32 Å². The predicted octanol–water partition coefficient (Wildman–Crippen LogP) is 2.54. The number of aromatic hydroxyl groups is 2. The number of phenolic OH excluding ortho intramolecular Hbond substituents is 2. The van der Waals surface area contributed by atoms with Gasteiger partial charge in [-0.3, -0.25) is 0 Å². The van der Waals surface area contributed by atoms with Gasteiger partial charge in [-0.05, 0) is 19.1 Å². The van der Waals surface area contributed by atoms with Crippen molar-refractivity contribution in [3.05, 3.63) is 47.9 Å². The maximum Gasteiger partial charge on any atom is 0.124 e. The first-order chi connectivity index (χ1) is 8.16. The lowest BCUT2D eigenvalue weighted by molar-refractivity contribution is 0.436. The van der Waals surface area contributed by atoms with E-state index in [0.29, 0.717) is 6.54 Å². The molecule has 90 valence electrons. The molecule has 4 nitrogen and oxygen atoms in total. The van der Waals surface area contributed by atoms with Gasteiger partial charge in [0.1, 0.15) is 11.5 Å². The minimum atomic E-state index is -0.00880. The number of rotatable bonds is 4. The number of hydrogen-bond donors (Lipinski definition) is 3. The van der Waals surface area contributed by atoms with E-state index in [9.17, 15) is 10.2 Å². The van der Waals surface area contributed by atoms with Gasteiger partial charge < -0.3 is 19.9 Å². The highest BCUT2D eigenvalue weighted by molar-refractivity contribution is 5.40. The summed E-state index contributed by atoms with van der Waals surface area (Å²) in [6.45, 7) is 2.62. The van der Waals surface area contributed by atoms with Gasteiger partial charge in [0, 0.05) is 29.8 Å².